The van der Waals surface area contributed by atoms with Gasteiger partial charge in [-0.2, -0.15) is 0 Å². The summed E-state index contributed by atoms with van der Waals surface area (Å²) in [6, 6.07) is 5.26. The molecule has 1 unspecified atom stereocenters. The average Bonchev–Trinajstić information content (AvgIpc) is 2.78. The van der Waals surface area contributed by atoms with Gasteiger partial charge in [-0.1, -0.05) is 19.1 Å². The summed E-state index contributed by atoms with van der Waals surface area (Å²) in [6.07, 6.45) is 2.54. The second-order valence-electron chi connectivity index (χ2n) is 4.63. The Morgan fingerprint density at radius 2 is 2.33 bits per heavy atom. The zero-order chi connectivity index (χ0) is 13.0. The number of carbonyl (C=O) groups excluding carboxylic acids is 1. The van der Waals surface area contributed by atoms with Crippen molar-refractivity contribution in [3.05, 3.63) is 35.1 Å². The Morgan fingerprint density at radius 1 is 1.50 bits per heavy atom. The molecule has 3 nitrogen and oxygen atoms in total. The van der Waals surface area contributed by atoms with E-state index in [1.54, 1.807) is 6.07 Å². The zero-order valence-electron chi connectivity index (χ0n) is 10.6. The lowest BCUT2D eigenvalue weighted by molar-refractivity contribution is -0.120. The van der Waals surface area contributed by atoms with Gasteiger partial charge in [-0.15, -0.1) is 0 Å². The van der Waals surface area contributed by atoms with Gasteiger partial charge in [0.25, 0.3) is 0 Å². The Balaban J connectivity index is 1.90. The van der Waals surface area contributed by atoms with Gasteiger partial charge < -0.3 is 10.6 Å². The van der Waals surface area contributed by atoms with Gasteiger partial charge in [0.05, 0.1) is 6.54 Å². The van der Waals surface area contributed by atoms with E-state index in [1.165, 1.54) is 6.07 Å². The van der Waals surface area contributed by atoms with Crippen LogP contribution in [-0.4, -0.2) is 19.0 Å². The van der Waals surface area contributed by atoms with Crippen LogP contribution in [0.1, 0.15) is 36.9 Å². The Labute approximate surface area is 107 Å². The van der Waals surface area contributed by atoms with Crippen molar-refractivity contribution in [3.63, 3.8) is 0 Å². The summed E-state index contributed by atoms with van der Waals surface area (Å²) < 4.78 is 13.5. The fourth-order valence-corrected chi connectivity index (χ4v) is 2.36. The van der Waals surface area contributed by atoms with E-state index in [1.807, 2.05) is 13.0 Å². The molecule has 0 fully saturated rings. The Morgan fingerprint density at radius 3 is 3.11 bits per heavy atom. The molecule has 0 saturated heterocycles. The summed E-state index contributed by atoms with van der Waals surface area (Å²) in [5, 5.41) is 6.01. The highest BCUT2D eigenvalue weighted by atomic mass is 19.1. The Kier molecular flexibility index (Phi) is 4.31. The highest BCUT2D eigenvalue weighted by Gasteiger charge is 2.24. The summed E-state index contributed by atoms with van der Waals surface area (Å²) >= 11 is 0. The van der Waals surface area contributed by atoms with Crippen molar-refractivity contribution in [2.24, 2.45) is 0 Å². The number of benzene rings is 1. The van der Waals surface area contributed by atoms with Crippen molar-refractivity contribution in [2.45, 2.75) is 32.2 Å². The molecular formula is C14H19FN2O. The molecule has 0 radical (unpaired) electrons. The van der Waals surface area contributed by atoms with Crippen LogP contribution in [0.3, 0.4) is 0 Å². The summed E-state index contributed by atoms with van der Waals surface area (Å²) in [6.45, 7) is 3.01. The topological polar surface area (TPSA) is 41.1 Å². The Hall–Kier alpha value is -1.42. The monoisotopic (exact) mass is 250 g/mol. The molecule has 0 heterocycles. The van der Waals surface area contributed by atoms with Gasteiger partial charge in [0, 0.05) is 12.6 Å². The number of amides is 1. The first-order valence-electron chi connectivity index (χ1n) is 6.49. The molecule has 1 aromatic carbocycles. The van der Waals surface area contributed by atoms with Crippen LogP contribution in [0.2, 0.25) is 0 Å². The number of carbonyl (C=O) groups is 1. The number of hydrogen-bond acceptors (Lipinski definition) is 2. The second-order valence-corrected chi connectivity index (χ2v) is 4.63. The maximum atomic E-state index is 13.5. The molecule has 0 bridgehead atoms. The van der Waals surface area contributed by atoms with Crippen LogP contribution in [0.4, 0.5) is 4.39 Å². The van der Waals surface area contributed by atoms with Crippen LogP contribution in [0.15, 0.2) is 18.2 Å². The fourth-order valence-electron chi connectivity index (χ4n) is 2.36. The van der Waals surface area contributed by atoms with E-state index in [2.05, 4.69) is 10.6 Å². The van der Waals surface area contributed by atoms with Gasteiger partial charge in [-0.25, -0.2) is 4.39 Å². The van der Waals surface area contributed by atoms with E-state index in [-0.39, 0.29) is 17.8 Å². The normalized spacial score (nSPS) is 17.6. The molecule has 0 aromatic heterocycles. The number of nitrogens with one attached hydrogen (secondary N) is 2. The highest BCUT2D eigenvalue weighted by molar-refractivity contribution is 5.78. The van der Waals surface area contributed by atoms with E-state index in [0.29, 0.717) is 13.1 Å². The molecule has 1 aliphatic carbocycles. The largest absolute Gasteiger partial charge is 0.355 e. The predicted octanol–water partition coefficient (Wildman–Crippen LogP) is 1.93. The number of halogens is 1. The van der Waals surface area contributed by atoms with Crippen molar-refractivity contribution in [3.8, 4) is 0 Å². The van der Waals surface area contributed by atoms with Gasteiger partial charge >= 0.3 is 0 Å². The fraction of sp³-hybridized carbons (Fsp3) is 0.500. The van der Waals surface area contributed by atoms with E-state index < -0.39 is 0 Å². The summed E-state index contributed by atoms with van der Waals surface area (Å²) in [7, 11) is 0. The summed E-state index contributed by atoms with van der Waals surface area (Å²) in [5.74, 6) is -0.131. The van der Waals surface area contributed by atoms with E-state index in [0.717, 1.165) is 30.4 Å². The zero-order valence-corrected chi connectivity index (χ0v) is 10.6. The minimum Gasteiger partial charge on any atom is -0.355 e. The highest BCUT2D eigenvalue weighted by Crippen LogP contribution is 2.32. The summed E-state index contributed by atoms with van der Waals surface area (Å²) in [5.41, 5.74) is 1.79. The van der Waals surface area contributed by atoms with Crippen LogP contribution in [0.25, 0.3) is 0 Å². The van der Waals surface area contributed by atoms with Crippen LogP contribution in [0, 0.1) is 5.82 Å². The Bertz CT molecular complexity index is 434. The molecule has 0 spiro atoms. The van der Waals surface area contributed by atoms with Crippen LogP contribution in [0.5, 0.6) is 0 Å². The minimum atomic E-state index is -0.132. The third-order valence-corrected chi connectivity index (χ3v) is 3.29. The van der Waals surface area contributed by atoms with Gasteiger partial charge in [0.2, 0.25) is 5.91 Å². The van der Waals surface area contributed by atoms with E-state index >= 15 is 0 Å². The molecular weight excluding hydrogens is 231 g/mol. The number of rotatable bonds is 5. The molecule has 1 aliphatic rings. The quantitative estimate of drug-likeness (QED) is 0.838. The van der Waals surface area contributed by atoms with Crippen molar-refractivity contribution < 1.29 is 9.18 Å². The standard InChI is InChI=1S/C14H19FN2O/c1-2-8-16-14(18)9-17-13-7-6-10-11(13)4-3-5-12(10)15/h3-5,13,17H,2,6-9H2,1H3,(H,16,18). The lowest BCUT2D eigenvalue weighted by atomic mass is 10.1. The molecule has 98 valence electrons. The molecule has 2 N–H and O–H groups in total. The number of fused-ring (bicyclic) bond motifs is 1. The van der Waals surface area contributed by atoms with Gasteiger partial charge in [-0.05, 0) is 36.5 Å². The maximum Gasteiger partial charge on any atom is 0.233 e. The SMILES string of the molecule is CCCNC(=O)CNC1CCc2c(F)cccc21. The van der Waals surface area contributed by atoms with Gasteiger partial charge in [0.1, 0.15) is 5.82 Å². The van der Waals surface area contributed by atoms with Gasteiger partial charge in [-0.3, -0.25) is 4.79 Å². The lowest BCUT2D eigenvalue weighted by Crippen LogP contribution is -2.35. The third kappa shape index (κ3) is 2.88. The molecule has 0 aliphatic heterocycles. The molecule has 18 heavy (non-hydrogen) atoms. The van der Waals surface area contributed by atoms with Crippen molar-refractivity contribution in [2.75, 3.05) is 13.1 Å². The van der Waals surface area contributed by atoms with Gasteiger partial charge in [0.15, 0.2) is 0 Å². The third-order valence-electron chi connectivity index (χ3n) is 3.29. The molecule has 1 amide bonds. The van der Waals surface area contributed by atoms with Crippen molar-refractivity contribution >= 4 is 5.91 Å². The van der Waals surface area contributed by atoms with Crippen LogP contribution in [-0.2, 0) is 11.2 Å². The summed E-state index contributed by atoms with van der Waals surface area (Å²) in [4.78, 5) is 11.5. The van der Waals surface area contributed by atoms with Crippen LogP contribution >= 0.6 is 0 Å². The van der Waals surface area contributed by atoms with Crippen molar-refractivity contribution in [1.29, 1.82) is 0 Å². The van der Waals surface area contributed by atoms with E-state index in [9.17, 15) is 9.18 Å². The maximum absolute atomic E-state index is 13.5. The van der Waals surface area contributed by atoms with Crippen molar-refractivity contribution in [1.82, 2.24) is 10.6 Å². The molecule has 1 aromatic rings. The molecule has 2 rings (SSSR count). The van der Waals surface area contributed by atoms with Crippen LogP contribution < -0.4 is 10.6 Å². The molecule has 4 heteroatoms. The first kappa shape index (κ1) is 13.0. The second kappa shape index (κ2) is 5.96. The number of hydrogen-bond donors (Lipinski definition) is 2. The molecule has 1 atom stereocenters. The first-order valence-corrected chi connectivity index (χ1v) is 6.49. The average molecular weight is 250 g/mol. The predicted molar refractivity (Wildman–Crippen MR) is 68.8 cm³/mol. The minimum absolute atomic E-state index is 0.00158. The van der Waals surface area contributed by atoms with E-state index in [4.69, 9.17) is 0 Å². The molecule has 0 saturated carbocycles. The lowest BCUT2D eigenvalue weighted by Gasteiger charge is -2.13. The first-order chi connectivity index (χ1) is 8.72. The smallest absolute Gasteiger partial charge is 0.233 e.